The van der Waals surface area contributed by atoms with Crippen LogP contribution in [-0.2, 0) is 4.79 Å². The van der Waals surface area contributed by atoms with Crippen LogP contribution in [0.2, 0.25) is 5.02 Å². The minimum Gasteiger partial charge on any atom is -0.477 e. The maximum Gasteiger partial charge on any atom is 0.352 e. The van der Waals surface area contributed by atoms with Gasteiger partial charge in [-0.05, 0) is 43.3 Å². The SMILES string of the molecule is Cc1ccc(N/C(=C\C(=O)c2ccc(Cl)cc2)C(=O)O)cc1. The Morgan fingerprint density at radius 3 is 2.18 bits per heavy atom. The molecule has 2 aromatic carbocycles. The third-order valence-electron chi connectivity index (χ3n) is 2.97. The van der Waals surface area contributed by atoms with Crippen molar-refractivity contribution >= 4 is 29.0 Å². The van der Waals surface area contributed by atoms with E-state index in [1.165, 1.54) is 0 Å². The Labute approximate surface area is 133 Å². The highest BCUT2D eigenvalue weighted by atomic mass is 35.5. The molecule has 0 aromatic heterocycles. The zero-order valence-electron chi connectivity index (χ0n) is 11.8. The van der Waals surface area contributed by atoms with Crippen molar-refractivity contribution in [2.24, 2.45) is 0 Å². The highest BCUT2D eigenvalue weighted by Crippen LogP contribution is 2.14. The molecular formula is C17H14ClNO3. The summed E-state index contributed by atoms with van der Waals surface area (Å²) in [5.74, 6) is -1.61. The normalized spacial score (nSPS) is 11.1. The minimum atomic E-state index is -1.21. The number of carboxylic acids is 1. The van der Waals surface area contributed by atoms with Gasteiger partial charge in [0.05, 0.1) is 0 Å². The van der Waals surface area contributed by atoms with E-state index in [2.05, 4.69) is 5.32 Å². The Kier molecular flexibility index (Phi) is 4.96. The summed E-state index contributed by atoms with van der Waals surface area (Å²) in [6.45, 7) is 1.93. The van der Waals surface area contributed by atoms with Crippen LogP contribution in [-0.4, -0.2) is 16.9 Å². The van der Waals surface area contributed by atoms with Crippen molar-refractivity contribution < 1.29 is 14.7 Å². The van der Waals surface area contributed by atoms with Gasteiger partial charge in [-0.15, -0.1) is 0 Å². The first-order valence-electron chi connectivity index (χ1n) is 6.54. The molecule has 0 radical (unpaired) electrons. The molecule has 0 saturated carbocycles. The molecular weight excluding hydrogens is 302 g/mol. The van der Waals surface area contributed by atoms with Crippen molar-refractivity contribution in [3.63, 3.8) is 0 Å². The molecule has 0 atom stereocenters. The van der Waals surface area contributed by atoms with Crippen LogP contribution in [0.15, 0.2) is 60.3 Å². The first-order valence-corrected chi connectivity index (χ1v) is 6.92. The number of ketones is 1. The zero-order chi connectivity index (χ0) is 16.1. The van der Waals surface area contributed by atoms with Crippen LogP contribution in [0.5, 0.6) is 0 Å². The smallest absolute Gasteiger partial charge is 0.352 e. The van der Waals surface area contributed by atoms with E-state index in [1.54, 1.807) is 36.4 Å². The van der Waals surface area contributed by atoms with Gasteiger partial charge in [-0.3, -0.25) is 4.79 Å². The number of carbonyl (C=O) groups is 2. The topological polar surface area (TPSA) is 66.4 Å². The molecule has 0 saturated heterocycles. The maximum absolute atomic E-state index is 12.1. The summed E-state index contributed by atoms with van der Waals surface area (Å²) in [5.41, 5.74) is 1.84. The number of benzene rings is 2. The van der Waals surface area contributed by atoms with E-state index in [0.717, 1.165) is 11.6 Å². The van der Waals surface area contributed by atoms with Gasteiger partial charge in [0, 0.05) is 22.3 Å². The fourth-order valence-electron chi connectivity index (χ4n) is 1.77. The van der Waals surface area contributed by atoms with E-state index in [4.69, 9.17) is 11.6 Å². The Hall–Kier alpha value is -2.59. The van der Waals surface area contributed by atoms with Gasteiger partial charge in [-0.2, -0.15) is 0 Å². The number of carboxylic acid groups (broad SMARTS) is 1. The van der Waals surface area contributed by atoms with Gasteiger partial charge in [-0.1, -0.05) is 29.3 Å². The lowest BCUT2D eigenvalue weighted by Gasteiger charge is -2.07. The Morgan fingerprint density at radius 2 is 1.64 bits per heavy atom. The van der Waals surface area contributed by atoms with E-state index in [0.29, 0.717) is 16.3 Å². The summed E-state index contributed by atoms with van der Waals surface area (Å²) >= 11 is 5.76. The number of allylic oxidation sites excluding steroid dienone is 1. The molecule has 0 unspecified atom stereocenters. The van der Waals surface area contributed by atoms with Crippen LogP contribution in [0.3, 0.4) is 0 Å². The summed E-state index contributed by atoms with van der Waals surface area (Å²) in [4.78, 5) is 23.4. The molecule has 0 aliphatic carbocycles. The molecule has 0 fully saturated rings. The summed E-state index contributed by atoms with van der Waals surface area (Å²) in [6.07, 6.45) is 1.06. The zero-order valence-corrected chi connectivity index (χ0v) is 12.6. The Morgan fingerprint density at radius 1 is 1.05 bits per heavy atom. The van der Waals surface area contributed by atoms with Gasteiger partial charge in [-0.25, -0.2) is 4.79 Å². The van der Waals surface area contributed by atoms with Crippen LogP contribution >= 0.6 is 11.6 Å². The fourth-order valence-corrected chi connectivity index (χ4v) is 1.90. The second kappa shape index (κ2) is 6.91. The molecule has 2 aromatic rings. The van der Waals surface area contributed by atoms with E-state index < -0.39 is 11.8 Å². The molecule has 22 heavy (non-hydrogen) atoms. The van der Waals surface area contributed by atoms with E-state index in [-0.39, 0.29) is 5.70 Å². The summed E-state index contributed by atoms with van der Waals surface area (Å²) < 4.78 is 0. The lowest BCUT2D eigenvalue weighted by Crippen LogP contribution is -2.13. The number of aliphatic carboxylic acids is 1. The molecule has 112 valence electrons. The van der Waals surface area contributed by atoms with Crippen LogP contribution in [0.4, 0.5) is 5.69 Å². The number of anilines is 1. The monoisotopic (exact) mass is 315 g/mol. The first kappa shape index (κ1) is 15.8. The highest BCUT2D eigenvalue weighted by Gasteiger charge is 2.11. The highest BCUT2D eigenvalue weighted by molar-refractivity contribution is 6.30. The molecule has 0 heterocycles. The van der Waals surface area contributed by atoms with Crippen molar-refractivity contribution in [2.45, 2.75) is 6.92 Å². The van der Waals surface area contributed by atoms with E-state index in [9.17, 15) is 14.7 Å². The average Bonchev–Trinajstić information content (AvgIpc) is 2.49. The molecule has 0 aliphatic heterocycles. The lowest BCUT2D eigenvalue weighted by atomic mass is 10.1. The van der Waals surface area contributed by atoms with Crippen molar-refractivity contribution in [1.29, 1.82) is 0 Å². The fraction of sp³-hybridized carbons (Fsp3) is 0.0588. The predicted molar refractivity (Wildman–Crippen MR) is 86.3 cm³/mol. The summed E-state index contributed by atoms with van der Waals surface area (Å²) in [7, 11) is 0. The van der Waals surface area contributed by atoms with E-state index in [1.807, 2.05) is 19.1 Å². The standard InChI is InChI=1S/C17H14ClNO3/c1-11-2-8-14(9-3-11)19-15(17(21)22)10-16(20)12-4-6-13(18)7-5-12/h2-10,19H,1H3,(H,21,22)/b15-10-. The van der Waals surface area contributed by atoms with Gasteiger partial charge >= 0.3 is 5.97 Å². The minimum absolute atomic E-state index is 0.191. The molecule has 0 spiro atoms. The third-order valence-corrected chi connectivity index (χ3v) is 3.22. The lowest BCUT2D eigenvalue weighted by molar-refractivity contribution is -0.132. The molecule has 0 bridgehead atoms. The summed E-state index contributed by atoms with van der Waals surface area (Å²) in [6, 6.07) is 13.5. The van der Waals surface area contributed by atoms with Gasteiger partial charge in [0.15, 0.2) is 5.78 Å². The van der Waals surface area contributed by atoms with Gasteiger partial charge in [0.2, 0.25) is 0 Å². The van der Waals surface area contributed by atoms with Crippen molar-refractivity contribution in [2.75, 3.05) is 5.32 Å². The third kappa shape index (κ3) is 4.20. The van der Waals surface area contributed by atoms with Crippen LogP contribution < -0.4 is 5.32 Å². The van der Waals surface area contributed by atoms with Crippen molar-refractivity contribution in [3.05, 3.63) is 76.5 Å². The number of nitrogens with one attached hydrogen (secondary N) is 1. The number of carbonyl (C=O) groups excluding carboxylic acids is 1. The van der Waals surface area contributed by atoms with E-state index >= 15 is 0 Å². The van der Waals surface area contributed by atoms with Crippen LogP contribution in [0.1, 0.15) is 15.9 Å². The number of rotatable bonds is 5. The molecule has 0 amide bonds. The van der Waals surface area contributed by atoms with Crippen LogP contribution in [0.25, 0.3) is 0 Å². The number of aryl methyl sites for hydroxylation is 1. The maximum atomic E-state index is 12.1. The van der Waals surface area contributed by atoms with Crippen LogP contribution in [0, 0.1) is 6.92 Å². The number of hydrogen-bond donors (Lipinski definition) is 2. The molecule has 0 aliphatic rings. The van der Waals surface area contributed by atoms with Gasteiger partial charge in [0.25, 0.3) is 0 Å². The number of hydrogen-bond acceptors (Lipinski definition) is 3. The molecule has 2 N–H and O–H groups in total. The predicted octanol–water partition coefficient (Wildman–Crippen LogP) is 3.91. The second-order valence-electron chi connectivity index (χ2n) is 4.73. The van der Waals surface area contributed by atoms with Crippen molar-refractivity contribution in [3.8, 4) is 0 Å². The largest absolute Gasteiger partial charge is 0.477 e. The van der Waals surface area contributed by atoms with Crippen molar-refractivity contribution in [1.82, 2.24) is 0 Å². The Bertz CT molecular complexity index is 719. The summed E-state index contributed by atoms with van der Waals surface area (Å²) in [5, 5.41) is 12.5. The van der Waals surface area contributed by atoms with Gasteiger partial charge in [0.1, 0.15) is 5.70 Å². The number of halogens is 1. The molecule has 5 heteroatoms. The Balaban J connectivity index is 2.23. The van der Waals surface area contributed by atoms with Gasteiger partial charge < -0.3 is 10.4 Å². The molecule has 4 nitrogen and oxygen atoms in total. The molecule has 2 rings (SSSR count). The second-order valence-corrected chi connectivity index (χ2v) is 5.16. The average molecular weight is 316 g/mol. The quantitative estimate of drug-likeness (QED) is 0.648. The first-order chi connectivity index (χ1) is 10.5.